The summed E-state index contributed by atoms with van der Waals surface area (Å²) in [6.07, 6.45) is 1.88. The van der Waals surface area contributed by atoms with Gasteiger partial charge in [-0.25, -0.2) is 8.42 Å². The highest BCUT2D eigenvalue weighted by atomic mass is 32.2. The van der Waals surface area contributed by atoms with Crippen LogP contribution in [0.1, 0.15) is 33.1 Å². The molecule has 4 rings (SSSR count). The summed E-state index contributed by atoms with van der Waals surface area (Å²) in [7, 11) is -4.33. The molecule has 2 heterocycles. The van der Waals surface area contributed by atoms with E-state index in [1.54, 1.807) is 22.7 Å². The van der Waals surface area contributed by atoms with Crippen LogP contribution in [0.3, 0.4) is 0 Å². The molecule has 9 heteroatoms. The highest BCUT2D eigenvalue weighted by Gasteiger charge is 2.64. The van der Waals surface area contributed by atoms with Gasteiger partial charge in [0, 0.05) is 30.5 Å². The molecule has 2 unspecified atom stereocenters. The summed E-state index contributed by atoms with van der Waals surface area (Å²) in [5.74, 6) is -0.280. The molecule has 2 aromatic rings. The number of fused-ring (bicyclic) bond motifs is 2. The van der Waals surface area contributed by atoms with Gasteiger partial charge in [0.25, 0.3) is 0 Å². The number of hydrogen-bond acceptors (Lipinski definition) is 7. The highest BCUT2D eigenvalue weighted by Crippen LogP contribution is 2.64. The van der Waals surface area contributed by atoms with Gasteiger partial charge >= 0.3 is 0 Å². The molecule has 0 aromatic carbocycles. The Morgan fingerprint density at radius 3 is 2.48 bits per heavy atom. The van der Waals surface area contributed by atoms with E-state index in [9.17, 15) is 17.8 Å². The maximum Gasteiger partial charge on any atom is 0.205 e. The number of carbonyl (C=O) groups excluding carboxylic acids is 1. The van der Waals surface area contributed by atoms with Gasteiger partial charge < -0.3 is 4.55 Å². The van der Waals surface area contributed by atoms with Gasteiger partial charge in [0.1, 0.15) is 5.78 Å². The van der Waals surface area contributed by atoms with Gasteiger partial charge in [0.05, 0.1) is 24.3 Å². The first kappa shape index (κ1) is 21.4. The Balaban J connectivity index is 0.000000159. The molecule has 0 amide bonds. The molecule has 148 valence electrons. The first-order valence-electron chi connectivity index (χ1n) is 8.53. The van der Waals surface area contributed by atoms with Crippen molar-refractivity contribution in [3.05, 3.63) is 29.6 Å². The molecule has 0 saturated heterocycles. The Morgan fingerprint density at radius 1 is 1.30 bits per heavy atom. The second-order valence-corrected chi connectivity index (χ2v) is 13.5. The summed E-state index contributed by atoms with van der Waals surface area (Å²) in [5.41, 5.74) is -1.22. The van der Waals surface area contributed by atoms with Crippen LogP contribution >= 0.6 is 34.4 Å². The van der Waals surface area contributed by atoms with Crippen molar-refractivity contribution in [1.29, 1.82) is 0 Å². The minimum atomic E-state index is -4.33. The predicted molar refractivity (Wildman–Crippen MR) is 114 cm³/mol. The largest absolute Gasteiger partial charge is 0.748 e. The summed E-state index contributed by atoms with van der Waals surface area (Å²) in [5, 5.41) is 2.10. The van der Waals surface area contributed by atoms with Crippen LogP contribution in [0.2, 0.25) is 0 Å². The number of carbonyl (C=O) groups is 1. The molecule has 0 radical (unpaired) electrons. The van der Waals surface area contributed by atoms with Crippen molar-refractivity contribution in [1.82, 2.24) is 0 Å². The predicted octanol–water partition coefficient (Wildman–Crippen LogP) is 4.26. The molecule has 0 N–H and O–H groups in total. The van der Waals surface area contributed by atoms with Crippen molar-refractivity contribution in [2.75, 3.05) is 5.75 Å². The van der Waals surface area contributed by atoms with Gasteiger partial charge in [0.2, 0.25) is 4.21 Å². The minimum Gasteiger partial charge on any atom is -0.748 e. The van der Waals surface area contributed by atoms with Gasteiger partial charge in [-0.05, 0) is 41.7 Å². The molecule has 4 nitrogen and oxygen atoms in total. The highest BCUT2D eigenvalue weighted by molar-refractivity contribution is 8.02. The SMILES string of the molecule is CC1(C)C2CCC1(CS(=O)(=O)[O-])C(=O)C2.[SH2+]c1ccc(Sc2cccs2)s1. The van der Waals surface area contributed by atoms with Gasteiger partial charge in [0.15, 0.2) is 0 Å². The Kier molecular flexibility index (Phi) is 6.21. The zero-order valence-electron chi connectivity index (χ0n) is 15.1. The molecule has 2 saturated carbocycles. The van der Waals surface area contributed by atoms with Crippen molar-refractivity contribution in [2.24, 2.45) is 16.7 Å². The molecule has 2 aliphatic rings. The maximum absolute atomic E-state index is 11.8. The molecular formula is C18H22O4S5. The fourth-order valence-corrected chi connectivity index (χ4v) is 9.03. The third kappa shape index (κ3) is 4.48. The van der Waals surface area contributed by atoms with Crippen LogP contribution in [0.25, 0.3) is 0 Å². The van der Waals surface area contributed by atoms with Crippen LogP contribution in [0.15, 0.2) is 42.3 Å². The molecule has 2 fully saturated rings. The molecule has 0 aliphatic heterocycles. The van der Waals surface area contributed by atoms with Gasteiger partial charge in [-0.1, -0.05) is 43.0 Å². The monoisotopic (exact) mass is 462 g/mol. The minimum absolute atomic E-state index is 0.0248. The molecule has 0 spiro atoms. The lowest BCUT2D eigenvalue weighted by Crippen LogP contribution is -2.42. The van der Waals surface area contributed by atoms with Gasteiger partial charge in [-0.15, -0.1) is 11.3 Å². The van der Waals surface area contributed by atoms with E-state index >= 15 is 0 Å². The van der Waals surface area contributed by atoms with Crippen LogP contribution in [0.5, 0.6) is 0 Å². The fraction of sp³-hybridized carbons (Fsp3) is 0.500. The number of ketones is 1. The Bertz CT molecular complexity index is 913. The van der Waals surface area contributed by atoms with E-state index < -0.39 is 21.3 Å². The molecule has 27 heavy (non-hydrogen) atoms. The summed E-state index contributed by atoms with van der Waals surface area (Å²) >= 11 is 8.86. The normalized spacial score (nSPS) is 26.1. The first-order chi connectivity index (χ1) is 12.5. The smallest absolute Gasteiger partial charge is 0.205 e. The zero-order chi connectivity index (χ0) is 19.9. The Hall–Kier alpha value is -0.320. The first-order valence-corrected chi connectivity index (χ1v) is 13.1. The van der Waals surface area contributed by atoms with E-state index in [0.717, 1.165) is 6.42 Å². The van der Waals surface area contributed by atoms with Crippen molar-refractivity contribution in [3.8, 4) is 0 Å². The average Bonchev–Trinajstić information content (AvgIpc) is 3.27. The Morgan fingerprint density at radius 2 is 2.04 bits per heavy atom. The van der Waals surface area contributed by atoms with Crippen molar-refractivity contribution >= 4 is 63.0 Å². The lowest BCUT2D eigenvalue weighted by atomic mass is 9.70. The van der Waals surface area contributed by atoms with Gasteiger partial charge in [-0.3, -0.25) is 4.79 Å². The number of Topliss-reactive ketones (excluding diaryl/α,β-unsaturated/α-hetero) is 1. The van der Waals surface area contributed by atoms with Crippen LogP contribution in [-0.2, 0) is 27.5 Å². The molecule has 2 atom stereocenters. The maximum atomic E-state index is 11.8. The van der Waals surface area contributed by atoms with E-state index in [-0.39, 0.29) is 17.1 Å². The van der Waals surface area contributed by atoms with Crippen LogP contribution in [0, 0.1) is 16.7 Å². The standard InChI is InChI=1S/C10H16O4S.C8H6S4/c1-9(2)7-3-4-10(9,8(11)5-7)6-15(12,13)14;9-6-3-4-8(11-6)12-7-2-1-5-10-7/h7H,3-6H2,1-2H3,(H,12,13,14);1-5,9H. The van der Waals surface area contributed by atoms with Crippen LogP contribution in [-0.4, -0.2) is 24.5 Å². The van der Waals surface area contributed by atoms with E-state index in [0.29, 0.717) is 12.8 Å². The van der Waals surface area contributed by atoms with Crippen molar-refractivity contribution in [3.63, 3.8) is 0 Å². The number of hydrogen-bond donors (Lipinski definition) is 0. The summed E-state index contributed by atoms with van der Waals surface area (Å²) in [4.78, 5) is 11.8. The van der Waals surface area contributed by atoms with Crippen molar-refractivity contribution < 1.29 is 17.8 Å². The number of thiophene rings is 2. The van der Waals surface area contributed by atoms with E-state index in [2.05, 4.69) is 42.3 Å². The summed E-state index contributed by atoms with van der Waals surface area (Å²) in [6.45, 7) is 3.83. The quantitative estimate of drug-likeness (QED) is 0.501. The zero-order valence-corrected chi connectivity index (χ0v) is 19.3. The molecule has 2 aromatic heterocycles. The lowest BCUT2D eigenvalue weighted by Gasteiger charge is -2.37. The second-order valence-electron chi connectivity index (χ2n) is 7.52. The third-order valence-electron chi connectivity index (χ3n) is 5.84. The van der Waals surface area contributed by atoms with E-state index in [4.69, 9.17) is 0 Å². The average molecular weight is 463 g/mol. The topological polar surface area (TPSA) is 74.3 Å². The van der Waals surface area contributed by atoms with E-state index in [1.165, 1.54) is 12.6 Å². The molecular weight excluding hydrogens is 441 g/mol. The third-order valence-corrected chi connectivity index (χ3v) is 10.2. The molecule has 2 aliphatic carbocycles. The van der Waals surface area contributed by atoms with E-state index in [1.807, 2.05) is 25.6 Å². The summed E-state index contributed by atoms with van der Waals surface area (Å²) < 4.78 is 36.6. The molecule has 2 bridgehead atoms. The van der Waals surface area contributed by atoms with Crippen molar-refractivity contribution in [2.45, 2.75) is 45.7 Å². The summed E-state index contributed by atoms with van der Waals surface area (Å²) in [6, 6.07) is 8.44. The fourth-order valence-electron chi connectivity index (χ4n) is 4.21. The van der Waals surface area contributed by atoms with Gasteiger partial charge in [-0.2, -0.15) is 0 Å². The second kappa shape index (κ2) is 7.84. The van der Waals surface area contributed by atoms with Crippen LogP contribution < -0.4 is 0 Å². The lowest BCUT2D eigenvalue weighted by molar-refractivity contribution is -0.128. The Labute approximate surface area is 177 Å². The van der Waals surface area contributed by atoms with Crippen LogP contribution in [0.4, 0.5) is 0 Å². The number of rotatable bonds is 4.